The molecule has 0 saturated carbocycles. The van der Waals surface area contributed by atoms with Gasteiger partial charge in [-0.3, -0.25) is 9.88 Å². The molecule has 2 aromatic heterocycles. The van der Waals surface area contributed by atoms with Crippen molar-refractivity contribution in [1.82, 2.24) is 19.9 Å². The summed E-state index contributed by atoms with van der Waals surface area (Å²) in [7, 11) is 0. The molecular weight excluding hydrogens is 368 g/mol. The van der Waals surface area contributed by atoms with Gasteiger partial charge in [-0.2, -0.15) is 0 Å². The van der Waals surface area contributed by atoms with E-state index in [-0.39, 0.29) is 5.97 Å². The Bertz CT molecular complexity index is 981. The van der Waals surface area contributed by atoms with E-state index in [4.69, 9.17) is 9.47 Å². The zero-order valence-electron chi connectivity index (χ0n) is 16.2. The molecule has 3 heterocycles. The van der Waals surface area contributed by atoms with Crippen LogP contribution in [0.1, 0.15) is 24.1 Å². The topological polar surface area (TPSA) is 77.4 Å². The SMILES string of the molecule is CCOC(=O)C1c2cncnc2OCCN1Cc1ccccc1-c1ccccn1. The predicted molar refractivity (Wildman–Crippen MR) is 107 cm³/mol. The number of aromatic nitrogens is 3. The Morgan fingerprint density at radius 3 is 2.90 bits per heavy atom. The molecule has 4 rings (SSSR count). The number of hydrogen-bond acceptors (Lipinski definition) is 7. The molecule has 1 aliphatic rings. The Morgan fingerprint density at radius 1 is 1.21 bits per heavy atom. The van der Waals surface area contributed by atoms with Gasteiger partial charge in [0.15, 0.2) is 0 Å². The molecule has 0 N–H and O–H groups in total. The lowest BCUT2D eigenvalue weighted by molar-refractivity contribution is -0.150. The summed E-state index contributed by atoms with van der Waals surface area (Å²) < 4.78 is 11.1. The molecule has 0 amide bonds. The molecular formula is C22H22N4O3. The Balaban J connectivity index is 1.72. The van der Waals surface area contributed by atoms with Crippen molar-refractivity contribution in [2.45, 2.75) is 19.5 Å². The molecule has 3 aromatic rings. The highest BCUT2D eigenvalue weighted by Crippen LogP contribution is 2.33. The summed E-state index contributed by atoms with van der Waals surface area (Å²) in [6, 6.07) is 13.3. The average Bonchev–Trinajstić information content (AvgIpc) is 2.94. The van der Waals surface area contributed by atoms with Gasteiger partial charge in [-0.05, 0) is 24.6 Å². The van der Waals surface area contributed by atoms with Crippen LogP contribution in [0.3, 0.4) is 0 Å². The molecule has 1 atom stereocenters. The highest BCUT2D eigenvalue weighted by Gasteiger charge is 2.35. The van der Waals surface area contributed by atoms with Crippen LogP contribution in [0.25, 0.3) is 11.3 Å². The first kappa shape index (κ1) is 19.0. The lowest BCUT2D eigenvalue weighted by Gasteiger charge is -2.28. The van der Waals surface area contributed by atoms with E-state index in [1.54, 1.807) is 19.3 Å². The number of rotatable bonds is 5. The normalized spacial score (nSPS) is 16.4. The third kappa shape index (κ3) is 4.09. The number of hydrogen-bond donors (Lipinski definition) is 0. The molecule has 0 radical (unpaired) electrons. The van der Waals surface area contributed by atoms with Gasteiger partial charge in [0.2, 0.25) is 5.88 Å². The fraction of sp³-hybridized carbons (Fsp3) is 0.273. The Hall–Kier alpha value is -3.32. The first-order chi connectivity index (χ1) is 14.3. The van der Waals surface area contributed by atoms with Crippen molar-refractivity contribution >= 4 is 5.97 Å². The molecule has 7 nitrogen and oxygen atoms in total. The molecule has 0 saturated heterocycles. The van der Waals surface area contributed by atoms with Crippen molar-refractivity contribution in [2.75, 3.05) is 19.8 Å². The van der Waals surface area contributed by atoms with E-state index in [1.165, 1.54) is 6.33 Å². The van der Waals surface area contributed by atoms with Gasteiger partial charge in [0.25, 0.3) is 0 Å². The van der Waals surface area contributed by atoms with Gasteiger partial charge in [-0.1, -0.05) is 30.3 Å². The van der Waals surface area contributed by atoms with Gasteiger partial charge in [0.05, 0.1) is 17.9 Å². The fourth-order valence-corrected chi connectivity index (χ4v) is 3.54. The van der Waals surface area contributed by atoms with Crippen LogP contribution in [0.15, 0.2) is 61.2 Å². The van der Waals surface area contributed by atoms with E-state index in [0.717, 1.165) is 16.8 Å². The van der Waals surface area contributed by atoms with Crippen LogP contribution in [-0.2, 0) is 16.1 Å². The van der Waals surface area contributed by atoms with Crippen LogP contribution in [0.2, 0.25) is 0 Å². The molecule has 148 valence electrons. The number of esters is 1. The molecule has 0 fully saturated rings. The standard InChI is InChI=1S/C22H22N4O3/c1-2-28-22(27)20-18-13-23-15-25-21(18)29-12-11-26(20)14-16-7-3-4-8-17(16)19-9-5-6-10-24-19/h3-10,13,15,20H,2,11-12,14H2,1H3. The summed E-state index contributed by atoms with van der Waals surface area (Å²) in [5, 5.41) is 0. The Morgan fingerprint density at radius 2 is 2.07 bits per heavy atom. The van der Waals surface area contributed by atoms with Crippen LogP contribution in [0.4, 0.5) is 0 Å². The van der Waals surface area contributed by atoms with E-state index in [2.05, 4.69) is 25.9 Å². The van der Waals surface area contributed by atoms with Crippen LogP contribution >= 0.6 is 0 Å². The maximum absolute atomic E-state index is 12.9. The summed E-state index contributed by atoms with van der Waals surface area (Å²) in [5.41, 5.74) is 3.62. The monoisotopic (exact) mass is 390 g/mol. The minimum Gasteiger partial charge on any atom is -0.476 e. The van der Waals surface area contributed by atoms with E-state index >= 15 is 0 Å². The van der Waals surface area contributed by atoms with E-state index in [9.17, 15) is 4.79 Å². The number of pyridine rings is 1. The number of carbonyl (C=O) groups excluding carboxylic acids is 1. The maximum Gasteiger partial charge on any atom is 0.328 e. The fourth-order valence-electron chi connectivity index (χ4n) is 3.54. The Labute approximate surface area is 169 Å². The number of fused-ring (bicyclic) bond motifs is 1. The summed E-state index contributed by atoms with van der Waals surface area (Å²) in [4.78, 5) is 27.7. The van der Waals surface area contributed by atoms with Crippen LogP contribution in [-0.4, -0.2) is 45.6 Å². The van der Waals surface area contributed by atoms with E-state index < -0.39 is 6.04 Å². The van der Waals surface area contributed by atoms with Crippen molar-refractivity contribution in [3.63, 3.8) is 0 Å². The van der Waals surface area contributed by atoms with Crippen LogP contribution in [0.5, 0.6) is 5.88 Å². The van der Waals surface area contributed by atoms with Gasteiger partial charge in [-0.15, -0.1) is 0 Å². The highest BCUT2D eigenvalue weighted by atomic mass is 16.5. The second-order valence-corrected chi connectivity index (χ2v) is 6.63. The second kappa shape index (κ2) is 8.79. The van der Waals surface area contributed by atoms with Crippen LogP contribution in [0, 0.1) is 0 Å². The molecule has 1 unspecified atom stereocenters. The predicted octanol–water partition coefficient (Wildman–Crippen LogP) is 3.04. The number of nitrogens with zero attached hydrogens (tertiary/aromatic N) is 4. The zero-order chi connectivity index (χ0) is 20.1. The largest absolute Gasteiger partial charge is 0.476 e. The van der Waals surface area contributed by atoms with Crippen molar-refractivity contribution in [2.24, 2.45) is 0 Å². The van der Waals surface area contributed by atoms with Crippen molar-refractivity contribution < 1.29 is 14.3 Å². The van der Waals surface area contributed by atoms with Crippen LogP contribution < -0.4 is 4.74 Å². The minimum absolute atomic E-state index is 0.303. The molecule has 1 aromatic carbocycles. The summed E-state index contributed by atoms with van der Waals surface area (Å²) in [6.45, 7) is 3.61. The summed E-state index contributed by atoms with van der Waals surface area (Å²) in [6.07, 6.45) is 4.83. The molecule has 1 aliphatic heterocycles. The molecule has 29 heavy (non-hydrogen) atoms. The first-order valence-electron chi connectivity index (χ1n) is 9.60. The molecule has 7 heteroatoms. The summed E-state index contributed by atoms with van der Waals surface area (Å²) in [5.74, 6) is 0.0999. The molecule has 0 bridgehead atoms. The quantitative estimate of drug-likeness (QED) is 0.620. The van der Waals surface area contributed by atoms with E-state index in [1.807, 2.05) is 36.4 Å². The Kier molecular flexibility index (Phi) is 5.76. The van der Waals surface area contributed by atoms with Crippen molar-refractivity contribution in [1.29, 1.82) is 0 Å². The molecule has 0 aliphatic carbocycles. The smallest absolute Gasteiger partial charge is 0.328 e. The number of carbonyl (C=O) groups is 1. The lowest BCUT2D eigenvalue weighted by Crippen LogP contribution is -2.36. The first-order valence-corrected chi connectivity index (χ1v) is 9.60. The van der Waals surface area contributed by atoms with Crippen molar-refractivity contribution in [3.05, 3.63) is 72.3 Å². The van der Waals surface area contributed by atoms with Gasteiger partial charge in [0, 0.05) is 31.0 Å². The number of benzene rings is 1. The van der Waals surface area contributed by atoms with Gasteiger partial charge in [0.1, 0.15) is 19.0 Å². The van der Waals surface area contributed by atoms with Crippen molar-refractivity contribution in [3.8, 4) is 17.1 Å². The average molecular weight is 390 g/mol. The maximum atomic E-state index is 12.9. The van der Waals surface area contributed by atoms with Gasteiger partial charge < -0.3 is 9.47 Å². The lowest BCUT2D eigenvalue weighted by atomic mass is 10.0. The highest BCUT2D eigenvalue weighted by molar-refractivity contribution is 5.78. The van der Waals surface area contributed by atoms with Gasteiger partial charge in [-0.25, -0.2) is 14.8 Å². The third-order valence-electron chi connectivity index (χ3n) is 4.82. The molecule has 0 spiro atoms. The number of ether oxygens (including phenoxy) is 2. The van der Waals surface area contributed by atoms with E-state index in [0.29, 0.717) is 37.7 Å². The third-order valence-corrected chi connectivity index (χ3v) is 4.82. The minimum atomic E-state index is -0.634. The zero-order valence-corrected chi connectivity index (χ0v) is 16.2. The second-order valence-electron chi connectivity index (χ2n) is 6.63. The van der Waals surface area contributed by atoms with Gasteiger partial charge >= 0.3 is 5.97 Å². The summed E-state index contributed by atoms with van der Waals surface area (Å²) >= 11 is 0.